The van der Waals surface area contributed by atoms with Crippen molar-refractivity contribution in [2.75, 3.05) is 0 Å². The van der Waals surface area contributed by atoms with Gasteiger partial charge in [0, 0.05) is 9.13 Å². The molecule has 0 spiro atoms. The number of hydrogen-bond acceptors (Lipinski definition) is 2. The van der Waals surface area contributed by atoms with Crippen molar-refractivity contribution in [3.8, 4) is 17.1 Å². The lowest BCUT2D eigenvalue weighted by molar-refractivity contribution is 0.101. The Morgan fingerprint density at radius 2 is 1.79 bits per heavy atom. The number of aromatic hydroxyl groups is 1. The van der Waals surface area contributed by atoms with Crippen LogP contribution in [-0.4, -0.2) is 21.7 Å². The average molecular weight is 428 g/mol. The normalized spacial score (nSPS) is 13.1. The molecule has 118 valence electrons. The van der Waals surface area contributed by atoms with Gasteiger partial charge < -0.3 is 10.1 Å². The number of aryl methyl sites for hydroxylation is 1. The smallest absolute Gasteiger partial charge is 0.280 e. The lowest BCUT2D eigenvalue weighted by atomic mass is 10.00. The summed E-state index contributed by atoms with van der Waals surface area (Å²) in [6.07, 6.45) is 0. The molecule has 1 aliphatic rings. The Morgan fingerprint density at radius 1 is 1.04 bits per heavy atom. The number of fused-ring (bicyclic) bond motifs is 1. The van der Waals surface area contributed by atoms with Gasteiger partial charge in [-0.05, 0) is 53.3 Å². The lowest BCUT2D eigenvalue weighted by Crippen LogP contribution is -2.00. The molecular formula is C19H13IN2O2. The molecule has 0 bridgehead atoms. The summed E-state index contributed by atoms with van der Waals surface area (Å²) >= 11 is 2.21. The maximum atomic E-state index is 12.5. The fraction of sp³-hybridized carbons (Fsp3) is 0.0526. The molecule has 0 unspecified atom stereocenters. The molecule has 2 aromatic carbocycles. The SMILES string of the molecule is Cc1cccc(-c2[nH]c(O)c3c2C(=O)N=C3c2cccc(I)c2)c1. The Labute approximate surface area is 152 Å². The van der Waals surface area contributed by atoms with Crippen LogP contribution in [0.4, 0.5) is 0 Å². The number of benzene rings is 2. The minimum atomic E-state index is -0.327. The number of rotatable bonds is 2. The van der Waals surface area contributed by atoms with Crippen LogP contribution in [0.15, 0.2) is 53.5 Å². The molecule has 24 heavy (non-hydrogen) atoms. The van der Waals surface area contributed by atoms with E-state index >= 15 is 0 Å². The predicted octanol–water partition coefficient (Wildman–Crippen LogP) is 4.29. The predicted molar refractivity (Wildman–Crippen MR) is 102 cm³/mol. The minimum Gasteiger partial charge on any atom is -0.494 e. The van der Waals surface area contributed by atoms with E-state index in [2.05, 4.69) is 32.6 Å². The van der Waals surface area contributed by atoms with E-state index in [1.165, 1.54) is 0 Å². The Hall–Kier alpha value is -2.41. The molecule has 1 aromatic heterocycles. The molecule has 1 amide bonds. The second-order valence-corrected chi connectivity index (χ2v) is 6.99. The summed E-state index contributed by atoms with van der Waals surface area (Å²) in [6, 6.07) is 15.5. The number of aliphatic imine (C=N–C) groups is 1. The molecule has 0 saturated heterocycles. The molecule has 1 aliphatic heterocycles. The molecule has 4 nitrogen and oxygen atoms in total. The first-order chi connectivity index (χ1) is 11.5. The molecule has 0 atom stereocenters. The molecule has 2 heterocycles. The zero-order valence-corrected chi connectivity index (χ0v) is 15.0. The van der Waals surface area contributed by atoms with Crippen LogP contribution in [0, 0.1) is 10.5 Å². The standard InChI is InChI=1S/C19H13IN2O2/c1-10-4-2-5-11(8-10)16-14-15(19(24)21-16)17(22-18(14)23)12-6-3-7-13(20)9-12/h2-9,21,24H,1H3. The Kier molecular flexibility index (Phi) is 3.53. The van der Waals surface area contributed by atoms with E-state index < -0.39 is 0 Å². The van der Waals surface area contributed by atoms with Gasteiger partial charge in [0.2, 0.25) is 0 Å². The van der Waals surface area contributed by atoms with Gasteiger partial charge in [0.25, 0.3) is 5.91 Å². The topological polar surface area (TPSA) is 65.4 Å². The van der Waals surface area contributed by atoms with Crippen LogP contribution in [0.25, 0.3) is 11.3 Å². The maximum Gasteiger partial charge on any atom is 0.280 e. The van der Waals surface area contributed by atoms with Gasteiger partial charge in [0.15, 0.2) is 5.88 Å². The van der Waals surface area contributed by atoms with Crippen molar-refractivity contribution in [2.24, 2.45) is 4.99 Å². The van der Waals surface area contributed by atoms with Gasteiger partial charge >= 0.3 is 0 Å². The highest BCUT2D eigenvalue weighted by atomic mass is 127. The number of H-pyrrole nitrogens is 1. The first-order valence-corrected chi connectivity index (χ1v) is 8.54. The van der Waals surface area contributed by atoms with E-state index in [4.69, 9.17) is 0 Å². The number of nitrogens with one attached hydrogen (secondary N) is 1. The quantitative estimate of drug-likeness (QED) is 0.599. The number of aromatic nitrogens is 1. The molecule has 2 N–H and O–H groups in total. The van der Waals surface area contributed by atoms with Gasteiger partial charge in [0.05, 0.1) is 22.5 Å². The van der Waals surface area contributed by atoms with Crippen molar-refractivity contribution in [3.05, 3.63) is 74.4 Å². The summed E-state index contributed by atoms with van der Waals surface area (Å²) in [6.45, 7) is 1.99. The minimum absolute atomic E-state index is 0.0232. The molecule has 3 aromatic rings. The van der Waals surface area contributed by atoms with Crippen LogP contribution < -0.4 is 0 Å². The average Bonchev–Trinajstić information content (AvgIpc) is 3.07. The summed E-state index contributed by atoms with van der Waals surface area (Å²) in [5, 5.41) is 10.4. The van der Waals surface area contributed by atoms with E-state index in [-0.39, 0.29) is 11.8 Å². The third-order valence-electron chi connectivity index (χ3n) is 4.05. The van der Waals surface area contributed by atoms with Gasteiger partial charge in [-0.25, -0.2) is 4.99 Å². The number of carbonyl (C=O) groups excluding carboxylic acids is 1. The molecule has 4 rings (SSSR count). The number of halogens is 1. The molecule has 0 aliphatic carbocycles. The second-order valence-electron chi connectivity index (χ2n) is 5.74. The highest BCUT2D eigenvalue weighted by molar-refractivity contribution is 14.1. The summed E-state index contributed by atoms with van der Waals surface area (Å²) in [5.74, 6) is -0.350. The zero-order valence-electron chi connectivity index (χ0n) is 12.8. The zero-order chi connectivity index (χ0) is 16.8. The van der Waals surface area contributed by atoms with Crippen LogP contribution in [0.1, 0.15) is 27.0 Å². The van der Waals surface area contributed by atoms with Crippen LogP contribution in [-0.2, 0) is 0 Å². The van der Waals surface area contributed by atoms with Crippen LogP contribution in [0.3, 0.4) is 0 Å². The Morgan fingerprint density at radius 3 is 2.54 bits per heavy atom. The number of nitrogens with zero attached hydrogens (tertiary/aromatic N) is 1. The number of carbonyl (C=O) groups is 1. The summed E-state index contributed by atoms with van der Waals surface area (Å²) in [7, 11) is 0. The van der Waals surface area contributed by atoms with Crippen molar-refractivity contribution in [1.29, 1.82) is 0 Å². The largest absolute Gasteiger partial charge is 0.494 e. The molecular weight excluding hydrogens is 415 g/mol. The third-order valence-corrected chi connectivity index (χ3v) is 4.72. The number of aromatic amines is 1. The number of hydrogen-bond donors (Lipinski definition) is 2. The van der Waals surface area contributed by atoms with E-state index in [0.717, 1.165) is 20.3 Å². The van der Waals surface area contributed by atoms with Gasteiger partial charge in [-0.2, -0.15) is 0 Å². The van der Waals surface area contributed by atoms with Crippen LogP contribution in [0.2, 0.25) is 0 Å². The van der Waals surface area contributed by atoms with Crippen molar-refractivity contribution < 1.29 is 9.90 Å². The molecule has 5 heteroatoms. The highest BCUT2D eigenvalue weighted by Crippen LogP contribution is 2.38. The third kappa shape index (κ3) is 2.36. The van der Waals surface area contributed by atoms with Crippen molar-refractivity contribution in [1.82, 2.24) is 4.98 Å². The van der Waals surface area contributed by atoms with Crippen molar-refractivity contribution >= 4 is 34.2 Å². The fourth-order valence-electron chi connectivity index (χ4n) is 3.01. The molecule has 0 saturated carbocycles. The van der Waals surface area contributed by atoms with E-state index in [9.17, 15) is 9.90 Å². The first-order valence-electron chi connectivity index (χ1n) is 7.46. The van der Waals surface area contributed by atoms with E-state index in [0.29, 0.717) is 22.5 Å². The second kappa shape index (κ2) is 5.59. The van der Waals surface area contributed by atoms with Crippen LogP contribution >= 0.6 is 22.6 Å². The first kappa shape index (κ1) is 15.1. The van der Waals surface area contributed by atoms with Crippen molar-refractivity contribution in [2.45, 2.75) is 6.92 Å². The van der Waals surface area contributed by atoms with E-state index in [1.54, 1.807) is 0 Å². The maximum absolute atomic E-state index is 12.5. The van der Waals surface area contributed by atoms with Crippen molar-refractivity contribution in [3.63, 3.8) is 0 Å². The lowest BCUT2D eigenvalue weighted by Gasteiger charge is -2.01. The van der Waals surface area contributed by atoms with Gasteiger partial charge in [-0.1, -0.05) is 35.9 Å². The summed E-state index contributed by atoms with van der Waals surface area (Å²) in [5.41, 5.74) is 4.81. The summed E-state index contributed by atoms with van der Waals surface area (Å²) in [4.78, 5) is 19.7. The molecule has 0 radical (unpaired) electrons. The van der Waals surface area contributed by atoms with Gasteiger partial charge in [0.1, 0.15) is 0 Å². The monoisotopic (exact) mass is 428 g/mol. The summed E-state index contributed by atoms with van der Waals surface area (Å²) < 4.78 is 1.04. The Balaban J connectivity index is 1.91. The van der Waals surface area contributed by atoms with Crippen LogP contribution in [0.5, 0.6) is 5.88 Å². The Bertz CT molecular complexity index is 1020. The van der Waals surface area contributed by atoms with E-state index in [1.807, 2.05) is 55.5 Å². The highest BCUT2D eigenvalue weighted by Gasteiger charge is 2.33. The fourth-order valence-corrected chi connectivity index (χ4v) is 3.55. The van der Waals surface area contributed by atoms with Gasteiger partial charge in [-0.15, -0.1) is 0 Å². The van der Waals surface area contributed by atoms with Gasteiger partial charge in [-0.3, -0.25) is 4.79 Å². The molecule has 0 fully saturated rings. The number of amides is 1.